The predicted molar refractivity (Wildman–Crippen MR) is 114 cm³/mol. The van der Waals surface area contributed by atoms with Gasteiger partial charge in [-0.2, -0.15) is 0 Å². The molecule has 2 N–H and O–H groups in total. The fraction of sp³-hybridized carbons (Fsp3) is 0.471. The van der Waals surface area contributed by atoms with Crippen LogP contribution in [0.1, 0.15) is 34.6 Å². The lowest BCUT2D eigenvalue weighted by Crippen LogP contribution is -2.43. The summed E-state index contributed by atoms with van der Waals surface area (Å²) in [6, 6.07) is 4.30. The van der Waals surface area contributed by atoms with E-state index >= 15 is 0 Å². The topological polar surface area (TPSA) is 74.3 Å². The number of aromatic nitrogens is 1. The summed E-state index contributed by atoms with van der Waals surface area (Å²) in [5.41, 5.74) is 0.730. The van der Waals surface area contributed by atoms with Gasteiger partial charge in [-0.05, 0) is 37.3 Å². The molecule has 0 saturated carbocycles. The van der Waals surface area contributed by atoms with Crippen LogP contribution in [0.15, 0.2) is 22.9 Å². The minimum Gasteiger partial charge on any atom is -0.335 e. The van der Waals surface area contributed by atoms with Gasteiger partial charge in [-0.3, -0.25) is 14.9 Å². The van der Waals surface area contributed by atoms with E-state index in [2.05, 4.69) is 20.5 Å². The molecular formula is C17H22Cl2N4O2S2. The molecule has 2 unspecified atom stereocenters. The second kappa shape index (κ2) is 9.84. The molecule has 4 heterocycles. The van der Waals surface area contributed by atoms with Crippen molar-refractivity contribution in [2.75, 3.05) is 18.4 Å². The maximum absolute atomic E-state index is 12.8. The van der Waals surface area contributed by atoms with E-state index in [0.29, 0.717) is 28.5 Å². The lowest BCUT2D eigenvalue weighted by Gasteiger charge is -2.27. The van der Waals surface area contributed by atoms with Crippen molar-refractivity contribution in [3.63, 3.8) is 0 Å². The summed E-state index contributed by atoms with van der Waals surface area (Å²) in [7, 11) is 0. The molecule has 4 rings (SSSR count). The second-order valence-corrected chi connectivity index (χ2v) is 8.24. The van der Waals surface area contributed by atoms with Crippen LogP contribution < -0.4 is 10.6 Å². The first kappa shape index (κ1) is 22.1. The van der Waals surface area contributed by atoms with E-state index in [0.717, 1.165) is 38.0 Å². The highest BCUT2D eigenvalue weighted by Gasteiger charge is 2.37. The molecule has 2 amide bonds. The van der Waals surface area contributed by atoms with Gasteiger partial charge >= 0.3 is 0 Å². The van der Waals surface area contributed by atoms with Gasteiger partial charge in [-0.25, -0.2) is 4.98 Å². The standard InChI is InChI=1S/C17H20N4O2S2.2ClH/c22-15(21-12-3-4-13(21)9-18-6-5-12)8-11-10-25-17(19-11)20-16(23)14-2-1-7-24-14;;/h1-2,7,10,12-13,18H,3-6,8-9H2,(H,19,20,23);2*1H. The molecule has 0 radical (unpaired) electrons. The third kappa shape index (κ3) is 5.00. The molecule has 2 aliphatic heterocycles. The number of amides is 2. The molecule has 0 aromatic carbocycles. The van der Waals surface area contributed by atoms with E-state index in [9.17, 15) is 9.59 Å². The number of halogens is 2. The van der Waals surface area contributed by atoms with Crippen LogP contribution in [0.4, 0.5) is 5.13 Å². The molecule has 6 nitrogen and oxygen atoms in total. The molecule has 2 atom stereocenters. The summed E-state index contributed by atoms with van der Waals surface area (Å²) in [5.74, 6) is -0.00324. The maximum Gasteiger partial charge on any atom is 0.267 e. The summed E-state index contributed by atoms with van der Waals surface area (Å²) in [5, 5.41) is 10.5. The number of rotatable bonds is 4. The third-order valence-electron chi connectivity index (χ3n) is 4.79. The molecular weight excluding hydrogens is 427 g/mol. The fourth-order valence-electron chi connectivity index (χ4n) is 3.65. The Kier molecular flexibility index (Phi) is 8.05. The van der Waals surface area contributed by atoms with Crippen LogP contribution in [0.3, 0.4) is 0 Å². The SMILES string of the molecule is Cl.Cl.O=C(Nc1nc(CC(=O)N2C3CCNCC2CC3)cs1)c1cccs1. The number of anilines is 1. The minimum atomic E-state index is -0.154. The average molecular weight is 449 g/mol. The number of nitrogens with zero attached hydrogens (tertiary/aromatic N) is 2. The lowest BCUT2D eigenvalue weighted by atomic mass is 10.1. The summed E-state index contributed by atoms with van der Waals surface area (Å²) in [6.07, 6.45) is 3.53. The first-order valence-electron chi connectivity index (χ1n) is 8.52. The minimum absolute atomic E-state index is 0. The number of hydrogen-bond acceptors (Lipinski definition) is 6. The highest BCUT2D eigenvalue weighted by Crippen LogP contribution is 2.29. The molecule has 2 saturated heterocycles. The molecule has 2 aromatic heterocycles. The molecule has 2 bridgehead atoms. The lowest BCUT2D eigenvalue weighted by molar-refractivity contribution is -0.133. The predicted octanol–water partition coefficient (Wildman–Crippen LogP) is 3.20. The third-order valence-corrected chi connectivity index (χ3v) is 6.47. The molecule has 2 aliphatic rings. The number of carbonyl (C=O) groups is 2. The van der Waals surface area contributed by atoms with Crippen LogP contribution in [0, 0.1) is 0 Å². The summed E-state index contributed by atoms with van der Waals surface area (Å²) in [4.78, 5) is 32.0. The largest absolute Gasteiger partial charge is 0.335 e. The van der Waals surface area contributed by atoms with E-state index in [1.165, 1.54) is 22.7 Å². The monoisotopic (exact) mass is 448 g/mol. The zero-order valence-electron chi connectivity index (χ0n) is 14.6. The van der Waals surface area contributed by atoms with Gasteiger partial charge in [0.25, 0.3) is 5.91 Å². The number of carbonyl (C=O) groups excluding carboxylic acids is 2. The first-order chi connectivity index (χ1) is 12.2. The van der Waals surface area contributed by atoms with Crippen molar-refractivity contribution < 1.29 is 9.59 Å². The number of hydrogen-bond donors (Lipinski definition) is 2. The summed E-state index contributed by atoms with van der Waals surface area (Å²) < 4.78 is 0. The maximum atomic E-state index is 12.8. The van der Waals surface area contributed by atoms with Crippen molar-refractivity contribution >= 4 is 64.4 Å². The van der Waals surface area contributed by atoms with Crippen molar-refractivity contribution in [3.05, 3.63) is 33.5 Å². The van der Waals surface area contributed by atoms with Crippen LogP contribution >= 0.6 is 47.5 Å². The van der Waals surface area contributed by atoms with E-state index in [1.54, 1.807) is 6.07 Å². The van der Waals surface area contributed by atoms with Crippen LogP contribution in [-0.4, -0.2) is 46.9 Å². The molecule has 148 valence electrons. The van der Waals surface area contributed by atoms with Crippen molar-refractivity contribution in [1.82, 2.24) is 15.2 Å². The van der Waals surface area contributed by atoms with Crippen LogP contribution in [-0.2, 0) is 11.2 Å². The number of fused-ring (bicyclic) bond motifs is 2. The highest BCUT2D eigenvalue weighted by molar-refractivity contribution is 7.14. The fourth-order valence-corrected chi connectivity index (χ4v) is 4.97. The Bertz CT molecular complexity index is 755. The Hall–Kier alpha value is -1.19. The van der Waals surface area contributed by atoms with E-state index in [4.69, 9.17) is 0 Å². The van der Waals surface area contributed by atoms with E-state index < -0.39 is 0 Å². The first-order valence-corrected chi connectivity index (χ1v) is 10.3. The van der Waals surface area contributed by atoms with Gasteiger partial charge in [-0.15, -0.1) is 47.5 Å². The normalized spacial score (nSPS) is 21.0. The molecule has 2 aromatic rings. The Morgan fingerprint density at radius 1 is 1.22 bits per heavy atom. The van der Waals surface area contributed by atoms with Gasteiger partial charge in [0.15, 0.2) is 5.13 Å². The van der Waals surface area contributed by atoms with E-state index in [-0.39, 0.29) is 36.6 Å². The highest BCUT2D eigenvalue weighted by atomic mass is 35.5. The average Bonchev–Trinajstić information content (AvgIpc) is 3.28. The molecule has 0 spiro atoms. The molecule has 27 heavy (non-hydrogen) atoms. The van der Waals surface area contributed by atoms with Crippen molar-refractivity contribution in [1.29, 1.82) is 0 Å². The van der Waals surface area contributed by atoms with Gasteiger partial charge in [0, 0.05) is 24.0 Å². The summed E-state index contributed by atoms with van der Waals surface area (Å²) in [6.45, 7) is 1.88. The van der Waals surface area contributed by atoms with E-state index in [1.807, 2.05) is 16.8 Å². The van der Waals surface area contributed by atoms with Gasteiger partial charge in [0.2, 0.25) is 5.91 Å². The van der Waals surface area contributed by atoms with Crippen molar-refractivity contribution in [3.8, 4) is 0 Å². The van der Waals surface area contributed by atoms with Crippen molar-refractivity contribution in [2.24, 2.45) is 0 Å². The zero-order valence-corrected chi connectivity index (χ0v) is 17.8. The second-order valence-electron chi connectivity index (χ2n) is 6.43. The van der Waals surface area contributed by atoms with Gasteiger partial charge in [-0.1, -0.05) is 6.07 Å². The van der Waals surface area contributed by atoms with Crippen LogP contribution in [0.5, 0.6) is 0 Å². The summed E-state index contributed by atoms with van der Waals surface area (Å²) >= 11 is 2.76. The Morgan fingerprint density at radius 3 is 2.81 bits per heavy atom. The molecule has 10 heteroatoms. The number of nitrogens with one attached hydrogen (secondary N) is 2. The van der Waals surface area contributed by atoms with Gasteiger partial charge in [0.1, 0.15) is 0 Å². The molecule has 2 fully saturated rings. The van der Waals surface area contributed by atoms with Gasteiger partial charge in [0.05, 0.1) is 17.0 Å². The number of thiazole rings is 1. The Labute approximate surface area is 178 Å². The van der Waals surface area contributed by atoms with Gasteiger partial charge < -0.3 is 10.2 Å². The smallest absolute Gasteiger partial charge is 0.267 e. The molecule has 0 aliphatic carbocycles. The zero-order chi connectivity index (χ0) is 17.2. The Morgan fingerprint density at radius 2 is 2.04 bits per heavy atom. The Balaban J connectivity index is 0.00000131. The quantitative estimate of drug-likeness (QED) is 0.752. The number of thiophene rings is 1. The van der Waals surface area contributed by atoms with Crippen molar-refractivity contribution in [2.45, 2.75) is 37.8 Å². The van der Waals surface area contributed by atoms with Crippen LogP contribution in [0.2, 0.25) is 0 Å². The van der Waals surface area contributed by atoms with Crippen LogP contribution in [0.25, 0.3) is 0 Å².